The molecule has 0 spiro atoms. The molecule has 17 heavy (non-hydrogen) atoms. The molecule has 0 saturated heterocycles. The molecule has 90 valence electrons. The molecule has 0 radical (unpaired) electrons. The van der Waals surface area contributed by atoms with Gasteiger partial charge in [0.25, 0.3) is 5.91 Å². The molecule has 4 nitrogen and oxygen atoms in total. The summed E-state index contributed by atoms with van der Waals surface area (Å²) in [4.78, 5) is 11.8. The third-order valence-electron chi connectivity index (χ3n) is 2.33. The van der Waals surface area contributed by atoms with Crippen LogP contribution in [0, 0.1) is 3.57 Å². The van der Waals surface area contributed by atoms with Crippen molar-refractivity contribution in [3.05, 3.63) is 44.9 Å². The van der Waals surface area contributed by atoms with Crippen LogP contribution < -0.4 is 5.32 Å². The van der Waals surface area contributed by atoms with Crippen molar-refractivity contribution in [3.8, 4) is 0 Å². The molecule has 1 aliphatic heterocycles. The van der Waals surface area contributed by atoms with E-state index in [2.05, 4.69) is 27.9 Å². The summed E-state index contributed by atoms with van der Waals surface area (Å²) in [5.41, 5.74) is 0.537. The van der Waals surface area contributed by atoms with Crippen LogP contribution in [0.5, 0.6) is 0 Å². The van der Waals surface area contributed by atoms with E-state index in [1.807, 2.05) is 6.07 Å². The Morgan fingerprint density at radius 3 is 2.76 bits per heavy atom. The second-order valence-corrected chi connectivity index (χ2v) is 6.93. The van der Waals surface area contributed by atoms with Crippen molar-refractivity contribution in [1.82, 2.24) is 5.32 Å². The summed E-state index contributed by atoms with van der Waals surface area (Å²) in [6.45, 7) is 0. The fourth-order valence-electron chi connectivity index (χ4n) is 1.55. The summed E-state index contributed by atoms with van der Waals surface area (Å²) in [7, 11) is -3.13. The van der Waals surface area contributed by atoms with Gasteiger partial charge in [-0.15, -0.1) is 0 Å². The van der Waals surface area contributed by atoms with Crippen LogP contribution in [-0.2, 0) is 9.84 Å². The molecule has 1 unspecified atom stereocenters. The number of hydrogen-bond donors (Lipinski definition) is 1. The number of carbonyl (C=O) groups is 1. The first-order valence-electron chi connectivity index (χ1n) is 4.94. The molecule has 0 fully saturated rings. The second-order valence-electron chi connectivity index (χ2n) is 3.75. The summed E-state index contributed by atoms with van der Waals surface area (Å²) >= 11 is 2.12. The van der Waals surface area contributed by atoms with Crippen molar-refractivity contribution in [3.63, 3.8) is 0 Å². The normalized spacial score (nSPS) is 21.4. The van der Waals surface area contributed by atoms with E-state index in [-0.39, 0.29) is 11.7 Å². The number of halogens is 1. The van der Waals surface area contributed by atoms with Gasteiger partial charge in [-0.2, -0.15) is 0 Å². The van der Waals surface area contributed by atoms with Gasteiger partial charge in [-0.25, -0.2) is 8.42 Å². The number of carbonyl (C=O) groups excluding carboxylic acids is 1. The standard InChI is InChI=1S/C11H10INO3S/c12-9-3-1-2-8(6-9)11(14)13-10-4-5-17(15,16)7-10/h1-6,10H,7H2,(H,13,14). The molecule has 2 rings (SSSR count). The molecule has 1 heterocycles. The van der Waals surface area contributed by atoms with Crippen LogP contribution in [0.2, 0.25) is 0 Å². The van der Waals surface area contributed by atoms with Gasteiger partial charge in [0.15, 0.2) is 9.84 Å². The van der Waals surface area contributed by atoms with Crippen LogP contribution in [0.25, 0.3) is 0 Å². The summed E-state index contributed by atoms with van der Waals surface area (Å²) in [6.07, 6.45) is 1.50. The van der Waals surface area contributed by atoms with Crippen LogP contribution >= 0.6 is 22.6 Å². The number of rotatable bonds is 2. The Balaban J connectivity index is 2.06. The molecule has 1 aromatic carbocycles. The van der Waals surface area contributed by atoms with Crippen LogP contribution in [0.15, 0.2) is 35.7 Å². The second kappa shape index (κ2) is 4.77. The summed E-state index contributed by atoms with van der Waals surface area (Å²) < 4.78 is 23.3. The highest BCUT2D eigenvalue weighted by Crippen LogP contribution is 2.11. The smallest absolute Gasteiger partial charge is 0.251 e. The van der Waals surface area contributed by atoms with E-state index in [9.17, 15) is 13.2 Å². The topological polar surface area (TPSA) is 63.2 Å². The Hall–Kier alpha value is -0.890. The maximum absolute atomic E-state index is 11.8. The van der Waals surface area contributed by atoms with E-state index in [0.29, 0.717) is 5.56 Å². The van der Waals surface area contributed by atoms with Gasteiger partial charge < -0.3 is 5.32 Å². The quantitative estimate of drug-likeness (QED) is 0.807. The van der Waals surface area contributed by atoms with Crippen molar-refractivity contribution < 1.29 is 13.2 Å². The van der Waals surface area contributed by atoms with E-state index in [1.54, 1.807) is 18.2 Å². The lowest BCUT2D eigenvalue weighted by Crippen LogP contribution is -2.35. The number of hydrogen-bond acceptors (Lipinski definition) is 3. The zero-order valence-electron chi connectivity index (χ0n) is 8.76. The van der Waals surface area contributed by atoms with Crippen LogP contribution in [0.4, 0.5) is 0 Å². The predicted molar refractivity (Wildman–Crippen MR) is 73.3 cm³/mol. The van der Waals surface area contributed by atoms with Crippen molar-refractivity contribution >= 4 is 38.3 Å². The third-order valence-corrected chi connectivity index (χ3v) is 4.40. The van der Waals surface area contributed by atoms with Crippen molar-refractivity contribution in [1.29, 1.82) is 0 Å². The first-order chi connectivity index (χ1) is 7.96. The predicted octanol–water partition coefficient (Wildman–Crippen LogP) is 1.33. The average molecular weight is 363 g/mol. The molecular weight excluding hydrogens is 353 g/mol. The van der Waals surface area contributed by atoms with Crippen molar-refractivity contribution in [2.75, 3.05) is 5.75 Å². The van der Waals surface area contributed by atoms with Crippen LogP contribution in [0.1, 0.15) is 10.4 Å². The largest absolute Gasteiger partial charge is 0.345 e. The molecule has 0 saturated carbocycles. The molecule has 1 N–H and O–H groups in total. The van der Waals surface area contributed by atoms with Crippen LogP contribution in [0.3, 0.4) is 0 Å². The molecule has 0 aromatic heterocycles. The van der Waals surface area contributed by atoms with Crippen LogP contribution in [-0.4, -0.2) is 26.1 Å². The van der Waals surface area contributed by atoms with Gasteiger partial charge in [0, 0.05) is 14.5 Å². The molecule has 1 aliphatic rings. The minimum absolute atomic E-state index is 0.0529. The molecule has 1 amide bonds. The molecule has 1 atom stereocenters. The highest BCUT2D eigenvalue weighted by Gasteiger charge is 2.23. The first kappa shape index (κ1) is 12.6. The fraction of sp³-hybridized carbons (Fsp3) is 0.182. The summed E-state index contributed by atoms with van der Waals surface area (Å²) in [5.74, 6) is -0.307. The lowest BCUT2D eigenvalue weighted by molar-refractivity contribution is 0.0947. The van der Waals surface area contributed by atoms with Crippen molar-refractivity contribution in [2.45, 2.75) is 6.04 Å². The minimum Gasteiger partial charge on any atom is -0.345 e. The SMILES string of the molecule is O=C(NC1C=CS(=O)(=O)C1)c1cccc(I)c1. The van der Waals surface area contributed by atoms with Gasteiger partial charge >= 0.3 is 0 Å². The van der Waals surface area contributed by atoms with E-state index >= 15 is 0 Å². The zero-order chi connectivity index (χ0) is 12.5. The summed E-state index contributed by atoms with van der Waals surface area (Å²) in [5, 5.41) is 3.82. The van der Waals surface area contributed by atoms with Gasteiger partial charge in [0.05, 0.1) is 11.8 Å². The van der Waals surface area contributed by atoms with Gasteiger partial charge in [0.1, 0.15) is 0 Å². The van der Waals surface area contributed by atoms with Gasteiger partial charge in [-0.1, -0.05) is 6.07 Å². The Bertz CT molecular complexity index is 580. The van der Waals surface area contributed by atoms with Gasteiger partial charge in [-0.3, -0.25) is 4.79 Å². The number of benzene rings is 1. The van der Waals surface area contributed by atoms with E-state index in [0.717, 1.165) is 8.98 Å². The Morgan fingerprint density at radius 2 is 2.18 bits per heavy atom. The maximum atomic E-state index is 11.8. The summed E-state index contributed by atoms with van der Waals surface area (Å²) in [6, 6.07) is 6.70. The molecule has 0 aliphatic carbocycles. The van der Waals surface area contributed by atoms with E-state index in [4.69, 9.17) is 0 Å². The Kier molecular flexibility index (Phi) is 3.53. The molecule has 6 heteroatoms. The monoisotopic (exact) mass is 363 g/mol. The minimum atomic E-state index is -3.13. The number of nitrogens with one attached hydrogen (secondary N) is 1. The van der Waals surface area contributed by atoms with Gasteiger partial charge in [-0.05, 0) is 46.9 Å². The Labute approximate surface area is 113 Å². The van der Waals surface area contributed by atoms with E-state index < -0.39 is 15.9 Å². The fourth-order valence-corrected chi connectivity index (χ4v) is 3.33. The van der Waals surface area contributed by atoms with E-state index in [1.165, 1.54) is 6.08 Å². The molecule has 1 aromatic rings. The molecular formula is C11H10INO3S. The highest BCUT2D eigenvalue weighted by molar-refractivity contribution is 14.1. The maximum Gasteiger partial charge on any atom is 0.251 e. The highest BCUT2D eigenvalue weighted by atomic mass is 127. The lowest BCUT2D eigenvalue weighted by Gasteiger charge is -2.09. The number of sulfone groups is 1. The van der Waals surface area contributed by atoms with Gasteiger partial charge in [0.2, 0.25) is 0 Å². The third kappa shape index (κ3) is 3.29. The average Bonchev–Trinajstić information content (AvgIpc) is 2.58. The lowest BCUT2D eigenvalue weighted by atomic mass is 10.2. The zero-order valence-corrected chi connectivity index (χ0v) is 11.7. The Morgan fingerprint density at radius 1 is 1.41 bits per heavy atom. The van der Waals surface area contributed by atoms with Crippen molar-refractivity contribution in [2.24, 2.45) is 0 Å². The molecule has 0 bridgehead atoms. The number of amides is 1. The first-order valence-corrected chi connectivity index (χ1v) is 7.73.